The number of aromatic nitrogens is 1. The summed E-state index contributed by atoms with van der Waals surface area (Å²) < 4.78 is 32.8. The van der Waals surface area contributed by atoms with E-state index in [1.807, 2.05) is 6.92 Å². The lowest BCUT2D eigenvalue weighted by Crippen LogP contribution is -2.63. The number of esters is 4. The lowest BCUT2D eigenvalue weighted by molar-refractivity contribution is -0.288. The second kappa shape index (κ2) is 13.3. The summed E-state index contributed by atoms with van der Waals surface area (Å²) in [5.41, 5.74) is 0.601. The van der Waals surface area contributed by atoms with Gasteiger partial charge in [0.15, 0.2) is 18.0 Å². The molecule has 0 amide bonds. The van der Waals surface area contributed by atoms with Crippen molar-refractivity contribution in [1.82, 2.24) is 4.98 Å². The molecule has 14 heteroatoms. The van der Waals surface area contributed by atoms with Gasteiger partial charge in [-0.05, 0) is 19.1 Å². The summed E-state index contributed by atoms with van der Waals surface area (Å²) in [6.45, 7) is 5.86. The highest BCUT2D eigenvalue weighted by Crippen LogP contribution is 2.33. The largest absolute Gasteiger partial charge is 0.507 e. The molecule has 3 rings (SSSR count). The van der Waals surface area contributed by atoms with E-state index in [0.717, 1.165) is 38.8 Å². The van der Waals surface area contributed by atoms with E-state index in [-0.39, 0.29) is 29.3 Å². The zero-order valence-corrected chi connectivity index (χ0v) is 23.2. The maximum Gasteiger partial charge on any atom is 0.303 e. The van der Waals surface area contributed by atoms with Crippen molar-refractivity contribution in [2.24, 2.45) is 0 Å². The van der Waals surface area contributed by atoms with Gasteiger partial charge in [-0.2, -0.15) is 0 Å². The van der Waals surface area contributed by atoms with Crippen LogP contribution in [0, 0.1) is 6.92 Å². The monoisotopic (exact) mass is 579 g/mol. The predicted molar refractivity (Wildman–Crippen MR) is 136 cm³/mol. The van der Waals surface area contributed by atoms with E-state index in [0.29, 0.717) is 5.69 Å². The minimum Gasteiger partial charge on any atom is -0.507 e. The first-order chi connectivity index (χ1) is 18.8. The number of benzene rings is 1. The number of carbonyl (C=O) groups excluding carboxylic acids is 5. The van der Waals surface area contributed by atoms with Crippen molar-refractivity contribution in [2.75, 3.05) is 6.61 Å². The second-order valence-corrected chi connectivity index (χ2v) is 9.88. The third-order valence-electron chi connectivity index (χ3n) is 5.48. The van der Waals surface area contributed by atoms with Crippen LogP contribution in [0.1, 0.15) is 48.8 Å². The number of Topliss-reactive ketones (excluding diaryl/α,β-unsaturated/α-hetero) is 1. The van der Waals surface area contributed by atoms with Crippen molar-refractivity contribution in [3.8, 4) is 11.5 Å². The third-order valence-corrected chi connectivity index (χ3v) is 6.30. The number of phenols is 1. The van der Waals surface area contributed by atoms with E-state index in [4.69, 9.17) is 28.4 Å². The average molecular weight is 580 g/mol. The van der Waals surface area contributed by atoms with Gasteiger partial charge in [-0.1, -0.05) is 0 Å². The van der Waals surface area contributed by atoms with Crippen molar-refractivity contribution < 1.29 is 57.5 Å². The third kappa shape index (κ3) is 8.23. The number of nitrogens with zero attached hydrogens (tertiary/aromatic N) is 1. The standard InChI is InChI=1S/C26H29NO12S/c1-12-27-17(11-40-12)8-20(32)19-7-6-18(9-21(19)33)38-26-25(37-16(5)31)24(36-15(4)30)23(35-14(3)29)22(39-26)10-34-13(2)28/h6-7,9,11,22-26,33H,8,10H2,1-5H3/t22-,23+,24+,25+,26+/m0/s1. The van der Waals surface area contributed by atoms with Gasteiger partial charge in [0.2, 0.25) is 12.4 Å². The molecule has 0 radical (unpaired) electrons. The smallest absolute Gasteiger partial charge is 0.303 e. The number of aromatic hydroxyl groups is 1. The maximum atomic E-state index is 12.7. The van der Waals surface area contributed by atoms with E-state index in [1.54, 1.807) is 5.38 Å². The summed E-state index contributed by atoms with van der Waals surface area (Å²) in [6, 6.07) is 3.89. The number of hydrogen-bond acceptors (Lipinski definition) is 14. The quantitative estimate of drug-likeness (QED) is 0.246. The van der Waals surface area contributed by atoms with Crippen LogP contribution < -0.4 is 4.74 Å². The van der Waals surface area contributed by atoms with Crippen LogP contribution in [0.5, 0.6) is 11.5 Å². The fourth-order valence-corrected chi connectivity index (χ4v) is 4.60. The molecule has 5 atom stereocenters. The molecule has 1 fully saturated rings. The van der Waals surface area contributed by atoms with Gasteiger partial charge in [0.1, 0.15) is 24.2 Å². The molecule has 40 heavy (non-hydrogen) atoms. The molecule has 1 aliphatic heterocycles. The molecule has 1 saturated heterocycles. The molecule has 0 unspecified atom stereocenters. The lowest BCUT2D eigenvalue weighted by Gasteiger charge is -2.43. The van der Waals surface area contributed by atoms with Gasteiger partial charge in [0.05, 0.1) is 22.7 Å². The molecule has 1 N–H and O–H groups in total. The summed E-state index contributed by atoms with van der Waals surface area (Å²) >= 11 is 1.40. The first kappa shape index (κ1) is 30.5. The van der Waals surface area contributed by atoms with Crippen LogP contribution in [0.3, 0.4) is 0 Å². The first-order valence-electron chi connectivity index (χ1n) is 12.1. The molecule has 0 saturated carbocycles. The Morgan fingerprint density at radius 1 is 0.925 bits per heavy atom. The van der Waals surface area contributed by atoms with Crippen LogP contribution in [0.25, 0.3) is 0 Å². The number of ether oxygens (including phenoxy) is 6. The Morgan fingerprint density at radius 2 is 1.55 bits per heavy atom. The van der Waals surface area contributed by atoms with E-state index in [9.17, 15) is 29.1 Å². The van der Waals surface area contributed by atoms with Crippen LogP contribution in [0.15, 0.2) is 23.6 Å². The highest BCUT2D eigenvalue weighted by molar-refractivity contribution is 7.09. The van der Waals surface area contributed by atoms with Crippen LogP contribution in [-0.2, 0) is 49.3 Å². The van der Waals surface area contributed by atoms with Crippen molar-refractivity contribution >= 4 is 41.0 Å². The van der Waals surface area contributed by atoms with Crippen LogP contribution in [0.4, 0.5) is 0 Å². The van der Waals surface area contributed by atoms with Crippen LogP contribution in [0.2, 0.25) is 0 Å². The number of aryl methyl sites for hydroxylation is 1. The number of hydrogen-bond donors (Lipinski definition) is 1. The van der Waals surface area contributed by atoms with Gasteiger partial charge in [0, 0.05) is 39.1 Å². The van der Waals surface area contributed by atoms with Crippen molar-refractivity contribution in [1.29, 1.82) is 0 Å². The van der Waals surface area contributed by atoms with E-state index < -0.39 is 61.2 Å². The number of ketones is 1. The Balaban J connectivity index is 1.91. The fourth-order valence-electron chi connectivity index (χ4n) is 3.99. The van der Waals surface area contributed by atoms with E-state index in [1.165, 1.54) is 23.5 Å². The van der Waals surface area contributed by atoms with Crippen LogP contribution >= 0.6 is 11.3 Å². The molecule has 1 aliphatic rings. The van der Waals surface area contributed by atoms with Crippen molar-refractivity contribution in [3.05, 3.63) is 39.8 Å². The van der Waals surface area contributed by atoms with Crippen LogP contribution in [-0.4, -0.2) is 77.1 Å². The normalized spacial score (nSPS) is 22.1. The summed E-state index contributed by atoms with van der Waals surface area (Å²) in [5, 5.41) is 13.1. The van der Waals surface area contributed by atoms with Gasteiger partial charge < -0.3 is 33.5 Å². The molecule has 0 bridgehead atoms. The van der Waals surface area contributed by atoms with Gasteiger partial charge in [-0.15, -0.1) is 11.3 Å². The summed E-state index contributed by atoms with van der Waals surface area (Å²) in [6.07, 6.45) is -6.91. The lowest BCUT2D eigenvalue weighted by atomic mass is 9.98. The molecule has 13 nitrogen and oxygen atoms in total. The summed E-state index contributed by atoms with van der Waals surface area (Å²) in [7, 11) is 0. The fraction of sp³-hybridized carbons (Fsp3) is 0.462. The van der Waals surface area contributed by atoms with E-state index in [2.05, 4.69) is 4.98 Å². The minimum atomic E-state index is -1.49. The molecule has 2 heterocycles. The van der Waals surface area contributed by atoms with Crippen molar-refractivity contribution in [2.45, 2.75) is 71.7 Å². The minimum absolute atomic E-state index is 0.000507. The summed E-state index contributed by atoms with van der Waals surface area (Å²) in [5.74, 6) is -3.77. The molecule has 1 aromatic carbocycles. The van der Waals surface area contributed by atoms with Gasteiger partial charge in [0.25, 0.3) is 0 Å². The highest BCUT2D eigenvalue weighted by atomic mass is 32.1. The van der Waals surface area contributed by atoms with Gasteiger partial charge in [-0.3, -0.25) is 24.0 Å². The van der Waals surface area contributed by atoms with Gasteiger partial charge >= 0.3 is 23.9 Å². The molecule has 0 aliphatic carbocycles. The van der Waals surface area contributed by atoms with Gasteiger partial charge in [-0.25, -0.2) is 4.98 Å². The Morgan fingerprint density at radius 3 is 2.10 bits per heavy atom. The number of phenolic OH excluding ortho intramolecular Hbond substituents is 1. The Kier molecular flexibility index (Phi) is 10.2. The molecular weight excluding hydrogens is 550 g/mol. The first-order valence-corrected chi connectivity index (χ1v) is 13.0. The number of carbonyl (C=O) groups is 5. The van der Waals surface area contributed by atoms with E-state index >= 15 is 0 Å². The summed E-state index contributed by atoms with van der Waals surface area (Å²) in [4.78, 5) is 64.2. The average Bonchev–Trinajstić information content (AvgIpc) is 3.25. The number of rotatable bonds is 10. The molecule has 216 valence electrons. The number of thiazole rings is 1. The Hall–Kier alpha value is -4.04. The maximum absolute atomic E-state index is 12.7. The zero-order chi connectivity index (χ0) is 29.6. The zero-order valence-electron chi connectivity index (χ0n) is 22.4. The highest BCUT2D eigenvalue weighted by Gasteiger charge is 2.53. The second-order valence-electron chi connectivity index (χ2n) is 8.82. The Bertz CT molecular complexity index is 1270. The molecule has 0 spiro atoms. The molecule has 2 aromatic rings. The predicted octanol–water partition coefficient (Wildman–Crippen LogP) is 2.04. The topological polar surface area (TPSA) is 174 Å². The Labute approximate surface area is 233 Å². The SMILES string of the molecule is CC(=O)OC[C@@H]1O[C@@H](Oc2ccc(C(=O)Cc3csc(C)n3)c(O)c2)[C@H](OC(C)=O)[C@H](OC(C)=O)[C@@H]1OC(C)=O. The van der Waals surface area contributed by atoms with Crippen molar-refractivity contribution in [3.63, 3.8) is 0 Å². The molecule has 1 aromatic heterocycles. The molecular formula is C26H29NO12S.